The molecule has 0 saturated heterocycles. The molecular formula is C15H25N3. The van der Waals surface area contributed by atoms with Crippen LogP contribution in [0.5, 0.6) is 0 Å². The number of anilines is 1. The Kier molecular flexibility index (Phi) is 4.23. The van der Waals surface area contributed by atoms with Crippen LogP contribution in [0.2, 0.25) is 0 Å². The summed E-state index contributed by atoms with van der Waals surface area (Å²) in [6, 6.07) is 3.99. The summed E-state index contributed by atoms with van der Waals surface area (Å²) in [6.45, 7) is 4.65. The van der Waals surface area contributed by atoms with Crippen molar-refractivity contribution in [1.82, 2.24) is 4.98 Å². The van der Waals surface area contributed by atoms with E-state index in [4.69, 9.17) is 11.5 Å². The third kappa shape index (κ3) is 2.83. The van der Waals surface area contributed by atoms with Gasteiger partial charge in [0.1, 0.15) is 5.82 Å². The highest BCUT2D eigenvalue weighted by Gasteiger charge is 2.28. The molecular weight excluding hydrogens is 222 g/mol. The minimum absolute atomic E-state index is 0.0480. The fourth-order valence-corrected chi connectivity index (χ4v) is 3.14. The maximum Gasteiger partial charge on any atom is 0.128 e. The average molecular weight is 247 g/mol. The molecule has 1 aliphatic rings. The molecule has 0 bridgehead atoms. The van der Waals surface area contributed by atoms with Crippen LogP contribution >= 0.6 is 0 Å². The number of nitrogens with zero attached hydrogens (tertiary/aromatic N) is 1. The Bertz CT molecular complexity index is 381. The minimum Gasteiger partial charge on any atom is -0.383 e. The van der Waals surface area contributed by atoms with Gasteiger partial charge in [0, 0.05) is 17.8 Å². The molecule has 18 heavy (non-hydrogen) atoms. The van der Waals surface area contributed by atoms with Crippen molar-refractivity contribution in [3.63, 3.8) is 0 Å². The van der Waals surface area contributed by atoms with Crippen molar-refractivity contribution in [3.05, 3.63) is 23.9 Å². The quantitative estimate of drug-likeness (QED) is 0.862. The SMILES string of the molecule is CC(C)C1CCC(C(N)c2cccnc2N)CC1. The maximum atomic E-state index is 6.37. The molecule has 0 radical (unpaired) electrons. The van der Waals surface area contributed by atoms with Crippen LogP contribution in [0.1, 0.15) is 51.1 Å². The molecule has 1 unspecified atom stereocenters. The van der Waals surface area contributed by atoms with Crippen LogP contribution in [0.25, 0.3) is 0 Å². The Labute approximate surface area is 110 Å². The van der Waals surface area contributed by atoms with Crippen LogP contribution < -0.4 is 11.5 Å². The van der Waals surface area contributed by atoms with E-state index in [-0.39, 0.29) is 6.04 Å². The molecule has 1 heterocycles. The standard InChI is InChI=1S/C15H25N3/c1-10(2)11-5-7-12(8-6-11)14(16)13-4-3-9-18-15(13)17/h3-4,9-12,14H,5-8,16H2,1-2H3,(H2,17,18). The number of aromatic nitrogens is 1. The van der Waals surface area contributed by atoms with Gasteiger partial charge >= 0.3 is 0 Å². The normalized spacial score (nSPS) is 26.2. The van der Waals surface area contributed by atoms with Crippen LogP contribution in [0.4, 0.5) is 5.82 Å². The van der Waals surface area contributed by atoms with Gasteiger partial charge in [-0.05, 0) is 49.5 Å². The van der Waals surface area contributed by atoms with Crippen molar-refractivity contribution in [3.8, 4) is 0 Å². The lowest BCUT2D eigenvalue weighted by Gasteiger charge is -2.34. The molecule has 4 N–H and O–H groups in total. The maximum absolute atomic E-state index is 6.37. The number of hydrogen-bond acceptors (Lipinski definition) is 3. The van der Waals surface area contributed by atoms with E-state index >= 15 is 0 Å². The van der Waals surface area contributed by atoms with Gasteiger partial charge in [0.2, 0.25) is 0 Å². The van der Waals surface area contributed by atoms with E-state index in [1.165, 1.54) is 25.7 Å². The van der Waals surface area contributed by atoms with Gasteiger partial charge in [-0.3, -0.25) is 0 Å². The first-order chi connectivity index (χ1) is 8.59. The Morgan fingerprint density at radius 1 is 1.17 bits per heavy atom. The van der Waals surface area contributed by atoms with Crippen LogP contribution in [0, 0.1) is 17.8 Å². The summed E-state index contributed by atoms with van der Waals surface area (Å²) in [4.78, 5) is 4.14. The fraction of sp³-hybridized carbons (Fsp3) is 0.667. The highest BCUT2D eigenvalue weighted by Crippen LogP contribution is 2.39. The van der Waals surface area contributed by atoms with E-state index < -0.39 is 0 Å². The summed E-state index contributed by atoms with van der Waals surface area (Å²) < 4.78 is 0. The Morgan fingerprint density at radius 3 is 2.33 bits per heavy atom. The molecule has 0 aromatic carbocycles. The zero-order chi connectivity index (χ0) is 13.1. The van der Waals surface area contributed by atoms with Crippen molar-refractivity contribution in [2.75, 3.05) is 5.73 Å². The lowest BCUT2D eigenvalue weighted by Crippen LogP contribution is -2.28. The zero-order valence-corrected chi connectivity index (χ0v) is 11.5. The minimum atomic E-state index is 0.0480. The molecule has 3 heteroatoms. The van der Waals surface area contributed by atoms with Gasteiger partial charge < -0.3 is 11.5 Å². The highest BCUT2D eigenvalue weighted by molar-refractivity contribution is 5.40. The molecule has 0 amide bonds. The van der Waals surface area contributed by atoms with Crippen LogP contribution in [0.15, 0.2) is 18.3 Å². The predicted molar refractivity (Wildman–Crippen MR) is 75.9 cm³/mol. The molecule has 1 aromatic heterocycles. The Hall–Kier alpha value is -1.09. The first-order valence-electron chi connectivity index (χ1n) is 7.05. The molecule has 1 saturated carbocycles. The van der Waals surface area contributed by atoms with Crippen molar-refractivity contribution < 1.29 is 0 Å². The number of rotatable bonds is 3. The molecule has 1 atom stereocenters. The summed E-state index contributed by atoms with van der Waals surface area (Å²) >= 11 is 0. The van der Waals surface area contributed by atoms with Crippen LogP contribution in [0.3, 0.4) is 0 Å². The molecule has 0 spiro atoms. The second-order valence-electron chi connectivity index (χ2n) is 5.92. The van der Waals surface area contributed by atoms with Gasteiger partial charge in [0.15, 0.2) is 0 Å². The van der Waals surface area contributed by atoms with Gasteiger partial charge in [-0.25, -0.2) is 4.98 Å². The topological polar surface area (TPSA) is 64.9 Å². The van der Waals surface area contributed by atoms with Crippen LogP contribution in [-0.4, -0.2) is 4.98 Å². The first kappa shape index (κ1) is 13.3. The second-order valence-corrected chi connectivity index (χ2v) is 5.92. The van der Waals surface area contributed by atoms with Crippen LogP contribution in [-0.2, 0) is 0 Å². The lowest BCUT2D eigenvalue weighted by molar-refractivity contribution is 0.204. The molecule has 1 aromatic rings. The number of pyridine rings is 1. The van der Waals surface area contributed by atoms with Crippen molar-refractivity contribution in [2.45, 2.75) is 45.6 Å². The van der Waals surface area contributed by atoms with Gasteiger partial charge in [-0.2, -0.15) is 0 Å². The Morgan fingerprint density at radius 2 is 1.78 bits per heavy atom. The third-order valence-corrected chi connectivity index (χ3v) is 4.50. The summed E-state index contributed by atoms with van der Waals surface area (Å²) in [5.41, 5.74) is 13.3. The molecule has 3 nitrogen and oxygen atoms in total. The van der Waals surface area contributed by atoms with Gasteiger partial charge in [-0.15, -0.1) is 0 Å². The average Bonchev–Trinajstić information content (AvgIpc) is 2.38. The van der Waals surface area contributed by atoms with E-state index in [0.29, 0.717) is 11.7 Å². The highest BCUT2D eigenvalue weighted by atomic mass is 14.8. The lowest BCUT2D eigenvalue weighted by atomic mass is 9.73. The van der Waals surface area contributed by atoms with Gasteiger partial charge in [0.25, 0.3) is 0 Å². The predicted octanol–water partition coefficient (Wildman–Crippen LogP) is 3.13. The van der Waals surface area contributed by atoms with Gasteiger partial charge in [-0.1, -0.05) is 19.9 Å². The monoisotopic (exact) mass is 247 g/mol. The molecule has 2 rings (SSSR count). The second kappa shape index (κ2) is 5.70. The largest absolute Gasteiger partial charge is 0.383 e. The summed E-state index contributed by atoms with van der Waals surface area (Å²) in [7, 11) is 0. The summed E-state index contributed by atoms with van der Waals surface area (Å²) in [5.74, 6) is 2.83. The number of hydrogen-bond donors (Lipinski definition) is 2. The van der Waals surface area contributed by atoms with E-state index in [9.17, 15) is 0 Å². The van der Waals surface area contributed by atoms with E-state index in [1.807, 2.05) is 12.1 Å². The zero-order valence-electron chi connectivity index (χ0n) is 11.5. The van der Waals surface area contributed by atoms with Crippen molar-refractivity contribution >= 4 is 5.82 Å². The van der Waals surface area contributed by atoms with E-state index in [2.05, 4.69) is 18.8 Å². The fourth-order valence-electron chi connectivity index (χ4n) is 3.14. The van der Waals surface area contributed by atoms with Crippen molar-refractivity contribution in [2.24, 2.45) is 23.5 Å². The van der Waals surface area contributed by atoms with Gasteiger partial charge in [0.05, 0.1) is 0 Å². The molecule has 1 aliphatic carbocycles. The van der Waals surface area contributed by atoms with E-state index in [0.717, 1.165) is 17.4 Å². The first-order valence-corrected chi connectivity index (χ1v) is 7.05. The number of nitrogens with two attached hydrogens (primary N) is 2. The Balaban J connectivity index is 2.00. The third-order valence-electron chi connectivity index (χ3n) is 4.50. The number of nitrogen functional groups attached to an aromatic ring is 1. The summed E-state index contributed by atoms with van der Waals surface area (Å²) in [5, 5.41) is 0. The van der Waals surface area contributed by atoms with E-state index in [1.54, 1.807) is 6.20 Å². The smallest absolute Gasteiger partial charge is 0.128 e. The summed E-state index contributed by atoms with van der Waals surface area (Å²) in [6.07, 6.45) is 6.77. The molecule has 0 aliphatic heterocycles. The molecule has 100 valence electrons. The van der Waals surface area contributed by atoms with Crippen molar-refractivity contribution in [1.29, 1.82) is 0 Å². The molecule has 1 fully saturated rings.